The van der Waals surface area contributed by atoms with Crippen LogP contribution in [0.2, 0.25) is 0 Å². The van der Waals surface area contributed by atoms with E-state index in [1.807, 2.05) is 23.1 Å². The molecule has 0 saturated carbocycles. The van der Waals surface area contributed by atoms with Gasteiger partial charge in [-0.15, -0.1) is 0 Å². The van der Waals surface area contributed by atoms with E-state index in [0.29, 0.717) is 5.82 Å². The average Bonchev–Trinajstić information content (AvgIpc) is 2.71. The Balaban J connectivity index is 1.93. The third kappa shape index (κ3) is 2.06. The van der Waals surface area contributed by atoms with Gasteiger partial charge >= 0.3 is 0 Å². The van der Waals surface area contributed by atoms with Crippen LogP contribution in [-0.4, -0.2) is 14.2 Å². The quantitative estimate of drug-likeness (QED) is 0.797. The van der Waals surface area contributed by atoms with Crippen molar-refractivity contribution < 1.29 is 0 Å². The molecule has 0 aliphatic carbocycles. The van der Waals surface area contributed by atoms with Crippen LogP contribution in [0.5, 0.6) is 0 Å². The van der Waals surface area contributed by atoms with Crippen molar-refractivity contribution >= 4 is 17.4 Å². The van der Waals surface area contributed by atoms with Gasteiger partial charge in [-0.3, -0.25) is 4.68 Å². The van der Waals surface area contributed by atoms with Crippen LogP contribution in [0.4, 0.5) is 5.82 Å². The van der Waals surface area contributed by atoms with Gasteiger partial charge in [0.05, 0.1) is 0 Å². The van der Waals surface area contributed by atoms with Crippen LogP contribution in [-0.2, 0) is 13.0 Å². The summed E-state index contributed by atoms with van der Waals surface area (Å²) in [5.41, 5.74) is 5.49. The first-order valence-corrected chi connectivity index (χ1v) is 4.80. The number of aromatic nitrogens is 3. The van der Waals surface area contributed by atoms with Gasteiger partial charge in [0.2, 0.25) is 0 Å². The first-order valence-electron chi connectivity index (χ1n) is 4.03. The molecule has 0 saturated heterocycles. The molecule has 0 unspecified atom stereocenters. The summed E-state index contributed by atoms with van der Waals surface area (Å²) in [6.07, 6.45) is 4.67. The van der Waals surface area contributed by atoms with Crippen LogP contribution in [0.1, 0.15) is 4.88 Å². The van der Waals surface area contributed by atoms with E-state index >= 15 is 0 Å². The molecule has 0 amide bonds. The van der Waals surface area contributed by atoms with Crippen LogP contribution >= 0.6 is 11.5 Å². The highest BCUT2D eigenvalue weighted by Gasteiger charge is 1.97. The van der Waals surface area contributed by atoms with Crippen LogP contribution in [0.3, 0.4) is 0 Å². The van der Waals surface area contributed by atoms with Crippen molar-refractivity contribution in [3.8, 4) is 0 Å². The Morgan fingerprint density at radius 3 is 3.00 bits per heavy atom. The number of rotatable bonds is 3. The van der Waals surface area contributed by atoms with Gasteiger partial charge in [-0.1, -0.05) is 0 Å². The molecule has 0 atom stereocenters. The molecule has 0 fully saturated rings. The Morgan fingerprint density at radius 2 is 2.38 bits per heavy atom. The van der Waals surface area contributed by atoms with Gasteiger partial charge in [0.25, 0.3) is 0 Å². The summed E-state index contributed by atoms with van der Waals surface area (Å²) in [5, 5.41) is 4.09. The highest BCUT2D eigenvalue weighted by Crippen LogP contribution is 2.06. The predicted octanol–water partition coefficient (Wildman–Crippen LogP) is 1.16. The molecule has 2 rings (SSSR count). The standard InChI is InChI=1S/C8H10N4S/c9-8-3-6-12(11-8)5-2-7-1-4-10-13-7/h1,3-4,6H,2,5H2,(H2,9,11). The SMILES string of the molecule is Nc1ccn(CCc2ccns2)n1. The second-order valence-electron chi connectivity index (χ2n) is 2.73. The van der Waals surface area contributed by atoms with Gasteiger partial charge in [0, 0.05) is 30.2 Å². The Kier molecular flexibility index (Phi) is 2.27. The van der Waals surface area contributed by atoms with Crippen LogP contribution < -0.4 is 5.73 Å². The number of nitrogens with zero attached hydrogens (tertiary/aromatic N) is 3. The van der Waals surface area contributed by atoms with Crippen molar-refractivity contribution in [2.45, 2.75) is 13.0 Å². The fourth-order valence-corrected chi connectivity index (χ4v) is 1.66. The second-order valence-corrected chi connectivity index (χ2v) is 3.65. The summed E-state index contributed by atoms with van der Waals surface area (Å²) in [6.45, 7) is 0.861. The minimum absolute atomic E-state index is 0.573. The fourth-order valence-electron chi connectivity index (χ4n) is 1.10. The lowest BCUT2D eigenvalue weighted by molar-refractivity contribution is 0.621. The van der Waals surface area contributed by atoms with Crippen molar-refractivity contribution in [2.24, 2.45) is 0 Å². The van der Waals surface area contributed by atoms with Gasteiger partial charge in [-0.2, -0.15) is 5.10 Å². The molecule has 0 aliphatic heterocycles. The summed E-state index contributed by atoms with van der Waals surface area (Å²) in [5.74, 6) is 0.573. The van der Waals surface area contributed by atoms with Gasteiger partial charge in [0.15, 0.2) is 0 Å². The zero-order chi connectivity index (χ0) is 9.10. The van der Waals surface area contributed by atoms with Crippen LogP contribution in [0, 0.1) is 0 Å². The molecule has 5 heteroatoms. The lowest BCUT2D eigenvalue weighted by atomic mass is 10.3. The van der Waals surface area contributed by atoms with Crippen molar-refractivity contribution in [3.63, 3.8) is 0 Å². The summed E-state index contributed by atoms with van der Waals surface area (Å²) in [4.78, 5) is 1.27. The van der Waals surface area contributed by atoms with Gasteiger partial charge in [-0.05, 0) is 23.7 Å². The van der Waals surface area contributed by atoms with E-state index in [1.54, 1.807) is 6.07 Å². The molecule has 2 heterocycles. The van der Waals surface area contributed by atoms with Gasteiger partial charge in [0.1, 0.15) is 5.82 Å². The molecule has 0 bridgehead atoms. The molecule has 0 aliphatic rings. The van der Waals surface area contributed by atoms with E-state index in [0.717, 1.165) is 13.0 Å². The molecule has 68 valence electrons. The van der Waals surface area contributed by atoms with E-state index in [-0.39, 0.29) is 0 Å². The highest BCUT2D eigenvalue weighted by molar-refractivity contribution is 7.05. The Morgan fingerprint density at radius 1 is 1.46 bits per heavy atom. The second kappa shape index (κ2) is 3.57. The lowest BCUT2D eigenvalue weighted by Gasteiger charge is -1.97. The topological polar surface area (TPSA) is 56.7 Å². The number of hydrogen-bond donors (Lipinski definition) is 1. The number of hydrogen-bond acceptors (Lipinski definition) is 4. The third-order valence-electron chi connectivity index (χ3n) is 1.74. The molecule has 0 aromatic carbocycles. The maximum absolute atomic E-state index is 5.49. The minimum Gasteiger partial charge on any atom is -0.382 e. The smallest absolute Gasteiger partial charge is 0.145 e. The zero-order valence-electron chi connectivity index (χ0n) is 7.05. The summed E-state index contributed by atoms with van der Waals surface area (Å²) in [7, 11) is 0. The first kappa shape index (κ1) is 8.25. The molecule has 2 aromatic rings. The van der Waals surface area contributed by atoms with E-state index in [1.165, 1.54) is 16.4 Å². The van der Waals surface area contributed by atoms with E-state index in [4.69, 9.17) is 5.73 Å². The molecule has 0 radical (unpaired) electrons. The summed E-state index contributed by atoms with van der Waals surface area (Å²) in [6, 6.07) is 3.82. The van der Waals surface area contributed by atoms with Crippen molar-refractivity contribution in [3.05, 3.63) is 29.4 Å². The van der Waals surface area contributed by atoms with Gasteiger partial charge in [-0.25, -0.2) is 4.37 Å². The van der Waals surface area contributed by atoms with E-state index in [2.05, 4.69) is 9.47 Å². The molecule has 4 nitrogen and oxygen atoms in total. The summed E-state index contributed by atoms with van der Waals surface area (Å²) < 4.78 is 5.87. The van der Waals surface area contributed by atoms with Crippen LogP contribution in [0.25, 0.3) is 0 Å². The molecular formula is C8H10N4S. The largest absolute Gasteiger partial charge is 0.382 e. The molecule has 13 heavy (non-hydrogen) atoms. The maximum atomic E-state index is 5.49. The van der Waals surface area contributed by atoms with Crippen molar-refractivity contribution in [1.82, 2.24) is 14.2 Å². The fraction of sp³-hybridized carbons (Fsp3) is 0.250. The number of aryl methyl sites for hydroxylation is 2. The van der Waals surface area contributed by atoms with Crippen molar-refractivity contribution in [2.75, 3.05) is 5.73 Å². The molecule has 2 aromatic heterocycles. The minimum atomic E-state index is 0.573. The van der Waals surface area contributed by atoms with Crippen LogP contribution in [0.15, 0.2) is 24.5 Å². The third-order valence-corrected chi connectivity index (χ3v) is 2.54. The maximum Gasteiger partial charge on any atom is 0.145 e. The Labute approximate surface area is 80.2 Å². The number of nitrogen functional groups attached to an aromatic ring is 1. The van der Waals surface area contributed by atoms with E-state index < -0.39 is 0 Å². The average molecular weight is 194 g/mol. The monoisotopic (exact) mass is 194 g/mol. The zero-order valence-corrected chi connectivity index (χ0v) is 7.87. The molecule has 2 N–H and O–H groups in total. The molecular weight excluding hydrogens is 184 g/mol. The van der Waals surface area contributed by atoms with Gasteiger partial charge < -0.3 is 5.73 Å². The Hall–Kier alpha value is -1.36. The predicted molar refractivity (Wildman–Crippen MR) is 52.5 cm³/mol. The molecule has 0 spiro atoms. The normalized spacial score (nSPS) is 10.5. The van der Waals surface area contributed by atoms with Crippen molar-refractivity contribution in [1.29, 1.82) is 0 Å². The number of nitrogens with two attached hydrogens (primary N) is 1. The lowest BCUT2D eigenvalue weighted by Crippen LogP contribution is -2.01. The Bertz CT molecular complexity index is 365. The van der Waals surface area contributed by atoms with E-state index in [9.17, 15) is 0 Å². The summed E-state index contributed by atoms with van der Waals surface area (Å²) >= 11 is 1.53. The number of anilines is 1. The highest BCUT2D eigenvalue weighted by atomic mass is 32.1. The first-order chi connectivity index (χ1) is 6.34.